The molecule has 0 saturated heterocycles. The van der Waals surface area contributed by atoms with Crippen LogP contribution in [0.1, 0.15) is 16.0 Å². The SMILES string of the molecule is COc1ccc(C#CCO)cc1COCc1cccs1. The molecule has 104 valence electrons. The summed E-state index contributed by atoms with van der Waals surface area (Å²) in [4.78, 5) is 1.19. The standard InChI is InChI=1S/C16H16O3S/c1-18-16-7-6-13(4-2-8-17)10-14(16)11-19-12-15-5-3-9-20-15/h3,5-7,9-10,17H,8,11-12H2,1H3. The Balaban J connectivity index is 2.04. The Bertz CT molecular complexity index is 594. The molecule has 0 spiro atoms. The third-order valence-corrected chi connectivity index (χ3v) is 3.52. The number of rotatable bonds is 5. The summed E-state index contributed by atoms with van der Waals surface area (Å²) in [6, 6.07) is 9.71. The van der Waals surface area contributed by atoms with Crippen LogP contribution < -0.4 is 4.74 Å². The van der Waals surface area contributed by atoms with Gasteiger partial charge in [0.2, 0.25) is 0 Å². The summed E-state index contributed by atoms with van der Waals surface area (Å²) in [5.74, 6) is 6.30. The van der Waals surface area contributed by atoms with Gasteiger partial charge in [-0.25, -0.2) is 0 Å². The van der Waals surface area contributed by atoms with Gasteiger partial charge in [0.25, 0.3) is 0 Å². The van der Waals surface area contributed by atoms with Crippen molar-refractivity contribution in [3.63, 3.8) is 0 Å². The highest BCUT2D eigenvalue weighted by atomic mass is 32.1. The molecule has 3 nitrogen and oxygen atoms in total. The van der Waals surface area contributed by atoms with E-state index in [1.807, 2.05) is 35.7 Å². The van der Waals surface area contributed by atoms with Crippen LogP contribution in [0.4, 0.5) is 0 Å². The minimum atomic E-state index is -0.143. The number of aliphatic hydroxyl groups is 1. The van der Waals surface area contributed by atoms with Gasteiger partial charge in [-0.3, -0.25) is 0 Å². The molecule has 0 radical (unpaired) electrons. The Hall–Kier alpha value is -1.80. The summed E-state index contributed by atoms with van der Waals surface area (Å²) < 4.78 is 11.0. The van der Waals surface area contributed by atoms with Crippen LogP contribution in [0.3, 0.4) is 0 Å². The minimum Gasteiger partial charge on any atom is -0.496 e. The van der Waals surface area contributed by atoms with Gasteiger partial charge in [-0.15, -0.1) is 11.3 Å². The average Bonchev–Trinajstić information content (AvgIpc) is 2.98. The van der Waals surface area contributed by atoms with Gasteiger partial charge in [-0.2, -0.15) is 0 Å². The summed E-state index contributed by atoms with van der Waals surface area (Å²) in [5.41, 5.74) is 1.79. The van der Waals surface area contributed by atoms with Gasteiger partial charge in [-0.1, -0.05) is 17.9 Å². The van der Waals surface area contributed by atoms with E-state index in [0.717, 1.165) is 16.9 Å². The molecule has 0 aliphatic heterocycles. The number of methoxy groups -OCH3 is 1. The van der Waals surface area contributed by atoms with Crippen molar-refractivity contribution in [2.24, 2.45) is 0 Å². The van der Waals surface area contributed by atoms with E-state index in [1.165, 1.54) is 4.88 Å². The zero-order valence-electron chi connectivity index (χ0n) is 11.3. The van der Waals surface area contributed by atoms with E-state index in [2.05, 4.69) is 11.8 Å². The van der Waals surface area contributed by atoms with Crippen LogP contribution in [-0.4, -0.2) is 18.8 Å². The molecule has 0 unspecified atom stereocenters. The first kappa shape index (κ1) is 14.6. The van der Waals surface area contributed by atoms with Crippen molar-refractivity contribution < 1.29 is 14.6 Å². The quantitative estimate of drug-likeness (QED) is 0.860. The van der Waals surface area contributed by atoms with Crippen LogP contribution in [0.25, 0.3) is 0 Å². The molecule has 20 heavy (non-hydrogen) atoms. The Labute approximate surface area is 122 Å². The Morgan fingerprint density at radius 2 is 2.15 bits per heavy atom. The van der Waals surface area contributed by atoms with E-state index in [1.54, 1.807) is 18.4 Å². The summed E-state index contributed by atoms with van der Waals surface area (Å²) >= 11 is 1.68. The van der Waals surface area contributed by atoms with Crippen molar-refractivity contribution in [2.75, 3.05) is 13.7 Å². The molecule has 1 N–H and O–H groups in total. The zero-order valence-corrected chi connectivity index (χ0v) is 12.1. The highest BCUT2D eigenvalue weighted by Gasteiger charge is 2.04. The maximum Gasteiger partial charge on any atom is 0.124 e. The van der Waals surface area contributed by atoms with E-state index in [0.29, 0.717) is 13.2 Å². The molecular formula is C16H16O3S. The molecule has 1 heterocycles. The van der Waals surface area contributed by atoms with Gasteiger partial charge in [0.15, 0.2) is 0 Å². The molecule has 4 heteroatoms. The van der Waals surface area contributed by atoms with Crippen molar-refractivity contribution in [3.8, 4) is 17.6 Å². The van der Waals surface area contributed by atoms with E-state index in [9.17, 15) is 0 Å². The zero-order chi connectivity index (χ0) is 14.2. The highest BCUT2D eigenvalue weighted by Crippen LogP contribution is 2.21. The van der Waals surface area contributed by atoms with Gasteiger partial charge in [0.05, 0.1) is 20.3 Å². The van der Waals surface area contributed by atoms with E-state index < -0.39 is 0 Å². The second-order valence-corrected chi connectivity index (χ2v) is 5.09. The normalized spacial score (nSPS) is 9.90. The lowest BCUT2D eigenvalue weighted by atomic mass is 10.1. The number of ether oxygens (including phenoxy) is 2. The fraction of sp³-hybridized carbons (Fsp3) is 0.250. The molecule has 0 saturated carbocycles. The van der Waals surface area contributed by atoms with Gasteiger partial charge < -0.3 is 14.6 Å². The molecule has 0 atom stereocenters. The van der Waals surface area contributed by atoms with Crippen LogP contribution in [0, 0.1) is 11.8 Å². The van der Waals surface area contributed by atoms with Gasteiger partial charge in [0.1, 0.15) is 12.4 Å². The van der Waals surface area contributed by atoms with Crippen molar-refractivity contribution in [1.82, 2.24) is 0 Å². The topological polar surface area (TPSA) is 38.7 Å². The fourth-order valence-corrected chi connectivity index (χ4v) is 2.41. The minimum absolute atomic E-state index is 0.143. The van der Waals surface area contributed by atoms with Gasteiger partial charge >= 0.3 is 0 Å². The average molecular weight is 288 g/mol. The van der Waals surface area contributed by atoms with E-state index in [-0.39, 0.29) is 6.61 Å². The first-order chi connectivity index (χ1) is 9.83. The number of hydrogen-bond donors (Lipinski definition) is 1. The molecule has 0 bridgehead atoms. The maximum absolute atomic E-state index is 8.72. The lowest BCUT2D eigenvalue weighted by Crippen LogP contribution is -1.97. The molecule has 0 aliphatic rings. The Morgan fingerprint density at radius 3 is 2.85 bits per heavy atom. The van der Waals surface area contributed by atoms with Crippen LogP contribution in [0.5, 0.6) is 5.75 Å². The summed E-state index contributed by atoms with van der Waals surface area (Å²) in [6.07, 6.45) is 0. The van der Waals surface area contributed by atoms with Crippen LogP contribution in [0.15, 0.2) is 35.7 Å². The molecule has 2 rings (SSSR count). The summed E-state index contributed by atoms with van der Waals surface area (Å²) in [7, 11) is 1.64. The van der Waals surface area contributed by atoms with Crippen LogP contribution in [0.2, 0.25) is 0 Å². The highest BCUT2D eigenvalue weighted by molar-refractivity contribution is 7.09. The fourth-order valence-electron chi connectivity index (χ4n) is 1.77. The van der Waals surface area contributed by atoms with Gasteiger partial charge in [0, 0.05) is 16.0 Å². The van der Waals surface area contributed by atoms with Crippen molar-refractivity contribution in [2.45, 2.75) is 13.2 Å². The first-order valence-electron chi connectivity index (χ1n) is 6.20. The largest absolute Gasteiger partial charge is 0.496 e. The lowest BCUT2D eigenvalue weighted by Gasteiger charge is -2.09. The van der Waals surface area contributed by atoms with Crippen LogP contribution >= 0.6 is 11.3 Å². The molecule has 0 fully saturated rings. The molecule has 0 aliphatic carbocycles. The van der Waals surface area contributed by atoms with E-state index in [4.69, 9.17) is 14.6 Å². The molecular weight excluding hydrogens is 272 g/mol. The number of benzene rings is 1. The monoisotopic (exact) mass is 288 g/mol. The number of hydrogen-bond acceptors (Lipinski definition) is 4. The lowest BCUT2D eigenvalue weighted by molar-refractivity contribution is 0.107. The summed E-state index contributed by atoms with van der Waals surface area (Å²) in [6.45, 7) is 0.916. The van der Waals surface area contributed by atoms with Crippen molar-refractivity contribution in [1.29, 1.82) is 0 Å². The smallest absolute Gasteiger partial charge is 0.124 e. The number of thiophene rings is 1. The van der Waals surface area contributed by atoms with Crippen molar-refractivity contribution >= 4 is 11.3 Å². The molecule has 1 aromatic heterocycles. The second kappa shape index (κ2) is 7.71. The molecule has 0 amide bonds. The first-order valence-corrected chi connectivity index (χ1v) is 7.08. The predicted octanol–water partition coefficient (Wildman–Crippen LogP) is 2.82. The second-order valence-electron chi connectivity index (χ2n) is 4.06. The third-order valence-electron chi connectivity index (χ3n) is 2.67. The molecule has 1 aromatic carbocycles. The number of aliphatic hydroxyl groups excluding tert-OH is 1. The van der Waals surface area contributed by atoms with E-state index >= 15 is 0 Å². The third kappa shape index (κ3) is 4.10. The van der Waals surface area contributed by atoms with Gasteiger partial charge in [-0.05, 0) is 29.6 Å². The predicted molar refractivity (Wildman–Crippen MR) is 79.8 cm³/mol. The Kier molecular flexibility index (Phi) is 5.63. The summed E-state index contributed by atoms with van der Waals surface area (Å²) in [5, 5.41) is 10.8. The molecule has 2 aromatic rings. The maximum atomic E-state index is 8.72. The van der Waals surface area contributed by atoms with Crippen molar-refractivity contribution in [3.05, 3.63) is 51.7 Å². The van der Waals surface area contributed by atoms with Crippen LogP contribution in [-0.2, 0) is 18.0 Å². The Morgan fingerprint density at radius 1 is 1.25 bits per heavy atom.